The van der Waals surface area contributed by atoms with Crippen molar-refractivity contribution >= 4 is 9.76 Å². The molecule has 0 atom stereocenters. The molecule has 0 aromatic heterocycles. The first-order chi connectivity index (χ1) is 2.41. The van der Waals surface area contributed by atoms with Crippen LogP contribution in [0.3, 0.4) is 0 Å². The van der Waals surface area contributed by atoms with E-state index in [1.165, 1.54) is 0 Å². The molecule has 0 bridgehead atoms. The molecule has 0 saturated heterocycles. The Labute approximate surface area is 34.3 Å². The van der Waals surface area contributed by atoms with E-state index in [2.05, 4.69) is 6.58 Å². The zero-order valence-corrected chi connectivity index (χ0v) is 4.43. The molecule has 5 heavy (non-hydrogen) atoms. The van der Waals surface area contributed by atoms with Crippen LogP contribution in [0, 0.1) is 6.04 Å². The van der Waals surface area contributed by atoms with Gasteiger partial charge in [0.1, 0.15) is 0 Å². The van der Waals surface area contributed by atoms with Crippen molar-refractivity contribution in [1.29, 1.82) is 0 Å². The first-order valence-electron chi connectivity index (χ1n) is 1.47. The molecule has 0 amide bonds. The van der Waals surface area contributed by atoms with Crippen LogP contribution in [0.1, 0.15) is 0 Å². The van der Waals surface area contributed by atoms with E-state index < -0.39 is 9.76 Å². The van der Waals surface area contributed by atoms with Gasteiger partial charge in [-0.2, -0.15) is 0 Å². The normalized spacial score (nSPS) is 9.80. The second-order valence-electron chi connectivity index (χ2n) is 0.654. The molecular weight excluding hydrogens is 80.1 g/mol. The predicted octanol–water partition coefficient (Wildman–Crippen LogP) is -0.590. The van der Waals surface area contributed by atoms with Gasteiger partial charge < -0.3 is 4.80 Å². The number of hydrogen-bond donors (Lipinski definition) is 1. The van der Waals surface area contributed by atoms with E-state index in [0.29, 0.717) is 0 Å². The summed E-state index contributed by atoms with van der Waals surface area (Å²) in [5.74, 6) is 0. The average Bonchev–Trinajstić information content (AvgIpc) is 1.41. The van der Waals surface area contributed by atoms with Crippen LogP contribution >= 0.6 is 0 Å². The lowest BCUT2D eigenvalue weighted by atomic mass is 10.8. The molecule has 1 N–H and O–H groups in total. The molecule has 0 aliphatic carbocycles. The molecule has 0 heterocycles. The SMILES string of the molecule is C=C[CH][SiH2]O. The third-order valence-corrected chi connectivity index (χ3v) is 0.816. The molecule has 0 aromatic rings. The largest absolute Gasteiger partial charge is 0.438 e. The minimum atomic E-state index is -0.829. The van der Waals surface area contributed by atoms with Gasteiger partial charge in [0.2, 0.25) is 0 Å². The van der Waals surface area contributed by atoms with Crippen LogP contribution in [-0.2, 0) is 0 Å². The molecule has 1 radical (unpaired) electrons. The van der Waals surface area contributed by atoms with Crippen molar-refractivity contribution in [2.75, 3.05) is 0 Å². The predicted molar refractivity (Wildman–Crippen MR) is 25.3 cm³/mol. The van der Waals surface area contributed by atoms with Gasteiger partial charge in [0, 0.05) is 0 Å². The van der Waals surface area contributed by atoms with Crippen molar-refractivity contribution in [2.45, 2.75) is 0 Å². The molecule has 0 fully saturated rings. The highest BCUT2D eigenvalue weighted by Gasteiger charge is 1.66. The molecule has 1 nitrogen and oxygen atoms in total. The van der Waals surface area contributed by atoms with Crippen molar-refractivity contribution in [3.63, 3.8) is 0 Å². The molecule has 29 valence electrons. The van der Waals surface area contributed by atoms with Gasteiger partial charge in [-0.1, -0.05) is 6.08 Å². The number of hydrogen-bond acceptors (Lipinski definition) is 1. The molecule has 0 aliphatic rings. The summed E-state index contributed by atoms with van der Waals surface area (Å²) in [7, 11) is -0.829. The zero-order valence-electron chi connectivity index (χ0n) is 3.02. The van der Waals surface area contributed by atoms with Gasteiger partial charge in [-0.25, -0.2) is 0 Å². The summed E-state index contributed by atoms with van der Waals surface area (Å²) in [5.41, 5.74) is 0. The Hall–Kier alpha value is -0.0831. The summed E-state index contributed by atoms with van der Waals surface area (Å²) in [4.78, 5) is 8.08. The Morgan fingerprint density at radius 3 is 2.40 bits per heavy atom. The van der Waals surface area contributed by atoms with Crippen LogP contribution < -0.4 is 0 Å². The van der Waals surface area contributed by atoms with Gasteiger partial charge in [-0.15, -0.1) is 6.58 Å². The van der Waals surface area contributed by atoms with Crippen LogP contribution in [0.25, 0.3) is 0 Å². The highest BCUT2D eigenvalue weighted by molar-refractivity contribution is 6.31. The molecule has 0 saturated carbocycles. The van der Waals surface area contributed by atoms with Gasteiger partial charge in [0.25, 0.3) is 0 Å². The van der Waals surface area contributed by atoms with Crippen LogP contribution in [0.4, 0.5) is 0 Å². The number of rotatable bonds is 2. The first kappa shape index (κ1) is 4.92. The van der Waals surface area contributed by atoms with Crippen LogP contribution in [-0.4, -0.2) is 14.6 Å². The van der Waals surface area contributed by atoms with Crippen LogP contribution in [0.5, 0.6) is 0 Å². The van der Waals surface area contributed by atoms with Gasteiger partial charge >= 0.3 is 0 Å². The highest BCUT2D eigenvalue weighted by atomic mass is 28.2. The quantitative estimate of drug-likeness (QED) is 0.446. The van der Waals surface area contributed by atoms with Gasteiger partial charge in [0.15, 0.2) is 9.76 Å². The van der Waals surface area contributed by atoms with E-state index in [-0.39, 0.29) is 0 Å². The lowest BCUT2D eigenvalue weighted by molar-refractivity contribution is 0.611. The summed E-state index contributed by atoms with van der Waals surface area (Å²) in [6.07, 6.45) is 1.62. The smallest absolute Gasteiger partial charge is 0.163 e. The second kappa shape index (κ2) is 3.92. The molecule has 0 aliphatic heterocycles. The molecule has 2 heteroatoms. The second-order valence-corrected chi connectivity index (χ2v) is 1.49. The van der Waals surface area contributed by atoms with E-state index >= 15 is 0 Å². The topological polar surface area (TPSA) is 20.2 Å². The summed E-state index contributed by atoms with van der Waals surface area (Å²) in [6.45, 7) is 3.37. The Morgan fingerprint density at radius 1 is 1.80 bits per heavy atom. The van der Waals surface area contributed by atoms with Crippen molar-refractivity contribution in [3.05, 3.63) is 18.7 Å². The minimum absolute atomic E-state index is 0.829. The van der Waals surface area contributed by atoms with E-state index in [1.807, 2.05) is 0 Å². The Kier molecular flexibility index (Phi) is 3.85. The molecule has 0 rings (SSSR count). The summed E-state index contributed by atoms with van der Waals surface area (Å²) in [6, 6.07) is 1.71. The average molecular weight is 87.2 g/mol. The van der Waals surface area contributed by atoms with E-state index in [1.54, 1.807) is 12.1 Å². The number of allylic oxidation sites excluding steroid dienone is 1. The van der Waals surface area contributed by atoms with Gasteiger partial charge in [-0.05, 0) is 6.04 Å². The maximum Gasteiger partial charge on any atom is 0.163 e. The van der Waals surface area contributed by atoms with Crippen molar-refractivity contribution in [3.8, 4) is 0 Å². The Balaban J connectivity index is 2.40. The molecule has 0 aromatic carbocycles. The fourth-order valence-electron chi connectivity index (χ4n) is 0.0745. The minimum Gasteiger partial charge on any atom is -0.438 e. The van der Waals surface area contributed by atoms with Crippen LogP contribution in [0.15, 0.2) is 12.7 Å². The van der Waals surface area contributed by atoms with Crippen molar-refractivity contribution < 1.29 is 4.80 Å². The maximum absolute atomic E-state index is 8.08. The fraction of sp³-hybridized carbons (Fsp3) is 0. The Morgan fingerprint density at radius 2 is 2.40 bits per heavy atom. The molecular formula is C3H7OSi. The Bertz CT molecular complexity index is 28.1. The zero-order chi connectivity index (χ0) is 4.12. The van der Waals surface area contributed by atoms with Crippen LogP contribution in [0.2, 0.25) is 0 Å². The van der Waals surface area contributed by atoms with Crippen molar-refractivity contribution in [1.82, 2.24) is 0 Å². The fourth-order valence-corrected chi connectivity index (χ4v) is 0.224. The van der Waals surface area contributed by atoms with Gasteiger partial charge in [-0.3, -0.25) is 0 Å². The lowest BCUT2D eigenvalue weighted by Crippen LogP contribution is -1.81. The highest BCUT2D eigenvalue weighted by Crippen LogP contribution is 1.63. The summed E-state index contributed by atoms with van der Waals surface area (Å²) >= 11 is 0. The summed E-state index contributed by atoms with van der Waals surface area (Å²) in [5, 5.41) is 0. The van der Waals surface area contributed by atoms with Crippen molar-refractivity contribution in [2.24, 2.45) is 0 Å². The molecule has 0 spiro atoms. The first-order valence-corrected chi connectivity index (χ1v) is 2.92. The molecule has 0 unspecified atom stereocenters. The maximum atomic E-state index is 8.08. The standard InChI is InChI=1S/C3H7OSi/c1-2-3-5-4/h2-4H,1,5H2. The summed E-state index contributed by atoms with van der Waals surface area (Å²) < 4.78 is 0. The van der Waals surface area contributed by atoms with E-state index in [9.17, 15) is 0 Å². The van der Waals surface area contributed by atoms with Gasteiger partial charge in [0.05, 0.1) is 0 Å². The monoisotopic (exact) mass is 87.0 g/mol. The van der Waals surface area contributed by atoms with E-state index in [0.717, 1.165) is 0 Å². The lowest BCUT2D eigenvalue weighted by Gasteiger charge is -1.70. The third kappa shape index (κ3) is 3.92. The third-order valence-electron chi connectivity index (χ3n) is 0.272. The van der Waals surface area contributed by atoms with E-state index in [4.69, 9.17) is 4.80 Å².